The molecule has 0 aromatic heterocycles. The monoisotopic (exact) mass is 1480 g/mol. The van der Waals surface area contributed by atoms with Crippen LogP contribution in [0.4, 0.5) is 0 Å². The average Bonchev–Trinajstić information content (AvgIpc) is 0.922. The van der Waals surface area contributed by atoms with Crippen LogP contribution < -0.4 is 0 Å². The van der Waals surface area contributed by atoms with E-state index in [1.54, 1.807) is 0 Å². The Morgan fingerprint density at radius 3 is 0.703 bits per heavy atom. The number of hydrogen-bond donors (Lipinski definition) is 3. The Balaban J connectivity index is 5.20. The predicted octanol–water partition coefficient (Wildman–Crippen LogP) is 24.4. The van der Waals surface area contributed by atoms with Gasteiger partial charge in [-0.3, -0.25) is 37.3 Å². The molecule has 0 bridgehead atoms. The summed E-state index contributed by atoms with van der Waals surface area (Å²) in [5.74, 6) is 1.03. The standard InChI is InChI=1S/C82H160O17P2/c1-9-74(7)60-52-44-35-29-23-19-15-13-11-12-14-16-20-24-32-38-48-56-64-81(86)98-77(68-92-79(84)62-54-46-37-31-27-26-30-36-45-53-61-75(8)10-2)70-96-100(88,89)94-66-76(83)67-95-101(90,91)97-71-78(69-93-80(85)63-55-47-41-40-43-51-59-73(5)6)99-82(87)65-57-49-39-33-25-21-17-18-22-28-34-42-50-58-72(3)4/h72-78,83H,9-71H2,1-8H3,(H,88,89)(H,90,91)/t74?,75?,76-,77-,78-/m1/s1. The van der Waals surface area contributed by atoms with Crippen LogP contribution in [0.5, 0.6) is 0 Å². The van der Waals surface area contributed by atoms with Crippen molar-refractivity contribution in [2.24, 2.45) is 23.7 Å². The van der Waals surface area contributed by atoms with Gasteiger partial charge in [0.05, 0.1) is 26.4 Å². The maximum Gasteiger partial charge on any atom is 0.472 e. The third-order valence-corrected chi connectivity index (χ3v) is 21.7. The number of unbranched alkanes of at least 4 members (excludes halogenated alkanes) is 43. The summed E-state index contributed by atoms with van der Waals surface area (Å²) in [4.78, 5) is 73.0. The first kappa shape index (κ1) is 99.1. The lowest BCUT2D eigenvalue weighted by molar-refractivity contribution is -0.161. The van der Waals surface area contributed by atoms with Crippen molar-refractivity contribution < 1.29 is 80.2 Å². The SMILES string of the molecule is CCC(C)CCCCCCCCCCCCCCCCCCCCC(=O)O[C@H](COC(=O)CCCCCCCCCCCCC(C)CC)COP(=O)(O)OC[C@@H](O)COP(=O)(O)OC[C@@H](COC(=O)CCCCCCCCC(C)C)OC(=O)CCCCCCCCCCCCCCCC(C)C. The number of carbonyl (C=O) groups is 4. The molecule has 0 fully saturated rings. The summed E-state index contributed by atoms with van der Waals surface area (Å²) in [7, 11) is -9.92. The van der Waals surface area contributed by atoms with E-state index in [1.165, 1.54) is 218 Å². The minimum atomic E-state index is -4.96. The minimum Gasteiger partial charge on any atom is -0.462 e. The molecule has 19 heteroatoms. The fourth-order valence-electron chi connectivity index (χ4n) is 12.5. The van der Waals surface area contributed by atoms with Crippen molar-refractivity contribution in [2.75, 3.05) is 39.6 Å². The van der Waals surface area contributed by atoms with Crippen molar-refractivity contribution >= 4 is 39.5 Å². The van der Waals surface area contributed by atoms with E-state index < -0.39 is 97.5 Å². The summed E-state index contributed by atoms with van der Waals surface area (Å²) in [6.07, 6.45) is 58.4. The fourth-order valence-corrected chi connectivity index (χ4v) is 14.1. The van der Waals surface area contributed by atoms with Crippen LogP contribution >= 0.6 is 15.6 Å². The van der Waals surface area contributed by atoms with E-state index in [4.69, 9.17) is 37.0 Å². The van der Waals surface area contributed by atoms with Crippen molar-refractivity contribution in [2.45, 2.75) is 440 Å². The van der Waals surface area contributed by atoms with Crippen LogP contribution in [0.3, 0.4) is 0 Å². The van der Waals surface area contributed by atoms with Gasteiger partial charge in [0, 0.05) is 25.7 Å². The molecule has 4 unspecified atom stereocenters. The molecule has 0 aromatic carbocycles. The Labute approximate surface area is 619 Å². The minimum absolute atomic E-state index is 0.106. The third-order valence-electron chi connectivity index (χ3n) is 19.8. The van der Waals surface area contributed by atoms with Crippen molar-refractivity contribution in [3.63, 3.8) is 0 Å². The molecule has 0 aliphatic carbocycles. The zero-order chi connectivity index (χ0) is 74.6. The molecule has 0 rings (SSSR count). The highest BCUT2D eigenvalue weighted by molar-refractivity contribution is 7.47. The van der Waals surface area contributed by atoms with Crippen LogP contribution in [0.2, 0.25) is 0 Å². The average molecular weight is 1480 g/mol. The van der Waals surface area contributed by atoms with Crippen LogP contribution in [0.15, 0.2) is 0 Å². The van der Waals surface area contributed by atoms with Crippen LogP contribution in [0.25, 0.3) is 0 Å². The van der Waals surface area contributed by atoms with Crippen LogP contribution in [-0.2, 0) is 65.4 Å². The van der Waals surface area contributed by atoms with Crippen LogP contribution in [0, 0.1) is 23.7 Å². The van der Waals surface area contributed by atoms with Gasteiger partial charge < -0.3 is 33.8 Å². The van der Waals surface area contributed by atoms with E-state index in [2.05, 4.69) is 55.4 Å². The quantitative estimate of drug-likeness (QED) is 0.0222. The molecule has 101 heavy (non-hydrogen) atoms. The highest BCUT2D eigenvalue weighted by atomic mass is 31.2. The van der Waals surface area contributed by atoms with E-state index in [0.717, 1.165) is 114 Å². The number of rotatable bonds is 79. The van der Waals surface area contributed by atoms with Gasteiger partial charge in [0.1, 0.15) is 19.3 Å². The van der Waals surface area contributed by atoms with Gasteiger partial charge in [0.2, 0.25) is 0 Å². The number of esters is 4. The third kappa shape index (κ3) is 73.4. The lowest BCUT2D eigenvalue weighted by Crippen LogP contribution is -2.30. The van der Waals surface area contributed by atoms with E-state index in [1.807, 2.05) is 0 Å². The molecule has 0 saturated heterocycles. The molecule has 0 spiro atoms. The maximum atomic E-state index is 13.1. The Bertz CT molecular complexity index is 1980. The second-order valence-corrected chi connectivity index (χ2v) is 33.9. The van der Waals surface area contributed by atoms with Crippen molar-refractivity contribution in [1.29, 1.82) is 0 Å². The molecule has 0 aliphatic rings. The lowest BCUT2D eigenvalue weighted by atomic mass is 9.99. The first-order valence-electron chi connectivity index (χ1n) is 42.3. The molecule has 0 aromatic rings. The number of carbonyl (C=O) groups excluding carboxylic acids is 4. The highest BCUT2D eigenvalue weighted by Gasteiger charge is 2.30. The normalized spacial score (nSPS) is 14.5. The lowest BCUT2D eigenvalue weighted by Gasteiger charge is -2.21. The second kappa shape index (κ2) is 71.0. The molecule has 0 heterocycles. The Morgan fingerprint density at radius 2 is 0.475 bits per heavy atom. The number of phosphoric ester groups is 2. The molecule has 0 amide bonds. The zero-order valence-corrected chi connectivity index (χ0v) is 68.3. The predicted molar refractivity (Wildman–Crippen MR) is 414 cm³/mol. The molecule has 0 aliphatic heterocycles. The maximum absolute atomic E-state index is 13.1. The van der Waals surface area contributed by atoms with E-state index >= 15 is 0 Å². The summed E-state index contributed by atoms with van der Waals surface area (Å²) in [6.45, 7) is 14.3. The first-order chi connectivity index (χ1) is 48.7. The smallest absolute Gasteiger partial charge is 0.462 e. The van der Waals surface area contributed by atoms with Gasteiger partial charge in [-0.1, -0.05) is 370 Å². The summed E-state index contributed by atoms with van der Waals surface area (Å²) in [5, 5.41) is 10.6. The topological polar surface area (TPSA) is 237 Å². The number of ether oxygens (including phenoxy) is 4. The van der Waals surface area contributed by atoms with Gasteiger partial charge in [0.15, 0.2) is 12.2 Å². The molecular weight excluding hydrogens is 1320 g/mol. The van der Waals surface area contributed by atoms with Crippen LogP contribution in [-0.4, -0.2) is 96.7 Å². The Hall–Kier alpha value is -1.94. The summed E-state index contributed by atoms with van der Waals surface area (Å²) in [5.41, 5.74) is 0. The van der Waals surface area contributed by atoms with Gasteiger partial charge in [-0.25, -0.2) is 9.13 Å². The van der Waals surface area contributed by atoms with E-state index in [0.29, 0.717) is 31.6 Å². The number of hydrogen-bond acceptors (Lipinski definition) is 15. The van der Waals surface area contributed by atoms with Gasteiger partial charge in [-0.15, -0.1) is 0 Å². The largest absolute Gasteiger partial charge is 0.472 e. The van der Waals surface area contributed by atoms with Gasteiger partial charge >= 0.3 is 39.5 Å². The molecule has 17 nitrogen and oxygen atoms in total. The van der Waals surface area contributed by atoms with Crippen molar-refractivity contribution in [1.82, 2.24) is 0 Å². The molecule has 0 saturated carbocycles. The van der Waals surface area contributed by atoms with Gasteiger partial charge in [-0.05, 0) is 49.4 Å². The zero-order valence-electron chi connectivity index (χ0n) is 66.5. The van der Waals surface area contributed by atoms with Gasteiger partial charge in [0.25, 0.3) is 0 Å². The first-order valence-corrected chi connectivity index (χ1v) is 45.3. The van der Waals surface area contributed by atoms with Gasteiger partial charge in [-0.2, -0.15) is 0 Å². The van der Waals surface area contributed by atoms with Crippen molar-refractivity contribution in [3.8, 4) is 0 Å². The summed E-state index contributed by atoms with van der Waals surface area (Å²) < 4.78 is 68.7. The highest BCUT2D eigenvalue weighted by Crippen LogP contribution is 2.45. The van der Waals surface area contributed by atoms with Crippen molar-refractivity contribution in [3.05, 3.63) is 0 Å². The summed E-state index contributed by atoms with van der Waals surface area (Å²) >= 11 is 0. The van der Waals surface area contributed by atoms with E-state index in [-0.39, 0.29) is 25.7 Å². The van der Waals surface area contributed by atoms with Crippen LogP contribution in [0.1, 0.15) is 421 Å². The molecule has 600 valence electrons. The number of aliphatic hydroxyl groups excluding tert-OH is 1. The molecule has 3 N–H and O–H groups in total. The fraction of sp³-hybridized carbons (Fsp3) is 0.951. The van der Waals surface area contributed by atoms with E-state index in [9.17, 15) is 43.2 Å². The Morgan fingerprint density at radius 1 is 0.277 bits per heavy atom. The summed E-state index contributed by atoms with van der Waals surface area (Å²) in [6, 6.07) is 0. The Kier molecular flexibility index (Phi) is 69.6. The molecule has 7 atom stereocenters. The number of phosphoric acid groups is 2. The molecular formula is C82H160O17P2. The molecule has 0 radical (unpaired) electrons. The second-order valence-electron chi connectivity index (χ2n) is 31.0. The number of aliphatic hydroxyl groups is 1.